The molecule has 1 fully saturated rings. The standard InChI is InChI=1S/C13H18ClNO2S2/c1-10-7-11(2)13(8-12(10)9-14)19(16,17)15-3-5-18-6-4-15/h7-8H,3-6,9H2,1-2H3. The maximum absolute atomic E-state index is 12.7. The van der Waals surface area contributed by atoms with Crippen LogP contribution in [0, 0.1) is 13.8 Å². The molecule has 1 heterocycles. The van der Waals surface area contributed by atoms with E-state index in [0.717, 1.165) is 28.2 Å². The molecule has 0 radical (unpaired) electrons. The maximum Gasteiger partial charge on any atom is 0.243 e. The molecule has 0 aromatic heterocycles. The molecule has 0 unspecified atom stereocenters. The Kier molecular flexibility index (Phi) is 4.82. The minimum atomic E-state index is -3.38. The quantitative estimate of drug-likeness (QED) is 0.804. The third-order valence-corrected chi connectivity index (χ3v) is 6.64. The van der Waals surface area contributed by atoms with Crippen LogP contribution in [0.2, 0.25) is 0 Å². The van der Waals surface area contributed by atoms with Crippen LogP contribution in [-0.2, 0) is 15.9 Å². The van der Waals surface area contributed by atoms with E-state index in [1.807, 2.05) is 19.9 Å². The highest BCUT2D eigenvalue weighted by molar-refractivity contribution is 7.99. The first-order valence-corrected chi connectivity index (χ1v) is 9.33. The highest BCUT2D eigenvalue weighted by Crippen LogP contribution is 2.26. The lowest BCUT2D eigenvalue weighted by Gasteiger charge is -2.26. The van der Waals surface area contributed by atoms with Gasteiger partial charge in [-0.25, -0.2) is 8.42 Å². The van der Waals surface area contributed by atoms with Gasteiger partial charge in [0.2, 0.25) is 10.0 Å². The lowest BCUT2D eigenvalue weighted by molar-refractivity contribution is 0.443. The molecule has 1 saturated heterocycles. The topological polar surface area (TPSA) is 37.4 Å². The van der Waals surface area contributed by atoms with Crippen LogP contribution < -0.4 is 0 Å². The van der Waals surface area contributed by atoms with Gasteiger partial charge in [0.05, 0.1) is 4.90 Å². The van der Waals surface area contributed by atoms with Crippen LogP contribution in [-0.4, -0.2) is 37.3 Å². The first kappa shape index (κ1) is 15.2. The third kappa shape index (κ3) is 3.10. The van der Waals surface area contributed by atoms with Gasteiger partial charge in [0.25, 0.3) is 0 Å². The van der Waals surface area contributed by atoms with E-state index >= 15 is 0 Å². The van der Waals surface area contributed by atoms with E-state index < -0.39 is 10.0 Å². The van der Waals surface area contributed by atoms with Crippen molar-refractivity contribution >= 4 is 33.4 Å². The molecule has 0 N–H and O–H groups in total. The summed E-state index contributed by atoms with van der Waals surface area (Å²) < 4.78 is 26.9. The Morgan fingerprint density at radius 2 is 1.84 bits per heavy atom. The SMILES string of the molecule is Cc1cc(C)c(S(=O)(=O)N2CCSCC2)cc1CCl. The summed E-state index contributed by atoms with van der Waals surface area (Å²) in [5.74, 6) is 2.07. The minimum absolute atomic E-state index is 0.338. The molecule has 6 heteroatoms. The summed E-state index contributed by atoms with van der Waals surface area (Å²) in [7, 11) is -3.38. The van der Waals surface area contributed by atoms with Crippen molar-refractivity contribution in [2.24, 2.45) is 0 Å². The van der Waals surface area contributed by atoms with E-state index in [4.69, 9.17) is 11.6 Å². The first-order valence-electron chi connectivity index (χ1n) is 6.21. The molecule has 0 amide bonds. The highest BCUT2D eigenvalue weighted by atomic mass is 35.5. The van der Waals surface area contributed by atoms with Gasteiger partial charge in [-0.05, 0) is 36.6 Å². The number of nitrogens with zero attached hydrogens (tertiary/aromatic N) is 1. The largest absolute Gasteiger partial charge is 0.243 e. The van der Waals surface area contributed by atoms with Gasteiger partial charge in [-0.3, -0.25) is 0 Å². The van der Waals surface area contributed by atoms with Gasteiger partial charge < -0.3 is 0 Å². The summed E-state index contributed by atoms with van der Waals surface area (Å²) in [5.41, 5.74) is 2.72. The van der Waals surface area contributed by atoms with E-state index in [1.165, 1.54) is 0 Å². The number of hydrogen-bond donors (Lipinski definition) is 0. The smallest absolute Gasteiger partial charge is 0.207 e. The summed E-state index contributed by atoms with van der Waals surface area (Å²) in [6.45, 7) is 4.99. The van der Waals surface area contributed by atoms with Crippen LogP contribution in [0.4, 0.5) is 0 Å². The van der Waals surface area contributed by atoms with Crippen LogP contribution in [0.3, 0.4) is 0 Å². The van der Waals surface area contributed by atoms with Gasteiger partial charge in [0, 0.05) is 30.5 Å². The summed E-state index contributed by atoms with van der Waals surface area (Å²) in [6.07, 6.45) is 0. The lowest BCUT2D eigenvalue weighted by Crippen LogP contribution is -2.38. The molecule has 0 saturated carbocycles. The van der Waals surface area contributed by atoms with Gasteiger partial charge in [-0.1, -0.05) is 6.07 Å². The lowest BCUT2D eigenvalue weighted by atomic mass is 10.1. The van der Waals surface area contributed by atoms with E-state index in [1.54, 1.807) is 22.1 Å². The fourth-order valence-electron chi connectivity index (χ4n) is 2.22. The Labute approximate surface area is 124 Å². The molecular weight excluding hydrogens is 302 g/mol. The number of rotatable bonds is 3. The zero-order valence-electron chi connectivity index (χ0n) is 11.1. The monoisotopic (exact) mass is 319 g/mol. The van der Waals surface area contributed by atoms with Crippen molar-refractivity contribution in [1.82, 2.24) is 4.31 Å². The van der Waals surface area contributed by atoms with Crippen LogP contribution >= 0.6 is 23.4 Å². The fraction of sp³-hybridized carbons (Fsp3) is 0.538. The second-order valence-electron chi connectivity index (χ2n) is 4.69. The molecule has 1 aliphatic heterocycles. The first-order chi connectivity index (χ1) is 8.96. The van der Waals surface area contributed by atoms with Crippen molar-refractivity contribution in [2.45, 2.75) is 24.6 Å². The Morgan fingerprint density at radius 3 is 2.42 bits per heavy atom. The van der Waals surface area contributed by atoms with E-state index in [2.05, 4.69) is 0 Å². The van der Waals surface area contributed by atoms with E-state index in [0.29, 0.717) is 23.9 Å². The van der Waals surface area contributed by atoms with Gasteiger partial charge in [-0.15, -0.1) is 11.6 Å². The number of benzene rings is 1. The van der Waals surface area contributed by atoms with Crippen molar-refractivity contribution in [1.29, 1.82) is 0 Å². The van der Waals surface area contributed by atoms with Crippen LogP contribution in [0.5, 0.6) is 0 Å². The van der Waals surface area contributed by atoms with E-state index in [-0.39, 0.29) is 0 Å². The second kappa shape index (κ2) is 6.04. The van der Waals surface area contributed by atoms with Crippen molar-refractivity contribution in [2.75, 3.05) is 24.6 Å². The number of sulfonamides is 1. The number of hydrogen-bond acceptors (Lipinski definition) is 3. The Morgan fingerprint density at radius 1 is 1.21 bits per heavy atom. The van der Waals surface area contributed by atoms with Crippen molar-refractivity contribution in [3.05, 3.63) is 28.8 Å². The zero-order chi connectivity index (χ0) is 14.0. The fourth-order valence-corrected chi connectivity index (χ4v) is 5.34. The van der Waals surface area contributed by atoms with E-state index in [9.17, 15) is 8.42 Å². The summed E-state index contributed by atoms with van der Waals surface area (Å²) in [5, 5.41) is 0. The molecular formula is C13H18ClNO2S2. The number of thioether (sulfide) groups is 1. The minimum Gasteiger partial charge on any atom is -0.207 e. The molecule has 106 valence electrons. The van der Waals surface area contributed by atoms with Crippen molar-refractivity contribution < 1.29 is 8.42 Å². The van der Waals surface area contributed by atoms with Crippen molar-refractivity contribution in [3.63, 3.8) is 0 Å². The molecule has 0 spiro atoms. The molecule has 0 atom stereocenters. The van der Waals surface area contributed by atoms with Crippen LogP contribution in [0.15, 0.2) is 17.0 Å². The molecule has 3 nitrogen and oxygen atoms in total. The predicted molar refractivity (Wildman–Crippen MR) is 81.6 cm³/mol. The highest BCUT2D eigenvalue weighted by Gasteiger charge is 2.27. The number of aryl methyl sites for hydroxylation is 2. The van der Waals surface area contributed by atoms with Gasteiger partial charge in [0.1, 0.15) is 0 Å². The normalized spacial score (nSPS) is 17.6. The summed E-state index contributed by atoms with van der Waals surface area (Å²) in [4.78, 5) is 0.403. The molecule has 19 heavy (non-hydrogen) atoms. The zero-order valence-corrected chi connectivity index (χ0v) is 13.5. The molecule has 0 bridgehead atoms. The molecule has 1 aliphatic rings. The van der Waals surface area contributed by atoms with Crippen LogP contribution in [0.1, 0.15) is 16.7 Å². The van der Waals surface area contributed by atoms with Gasteiger partial charge in [-0.2, -0.15) is 16.1 Å². The van der Waals surface area contributed by atoms with Gasteiger partial charge >= 0.3 is 0 Å². The average Bonchev–Trinajstić information content (AvgIpc) is 2.39. The molecule has 1 aromatic carbocycles. The number of halogens is 1. The summed E-state index contributed by atoms with van der Waals surface area (Å²) in [6, 6.07) is 3.64. The second-order valence-corrected chi connectivity index (χ2v) is 8.09. The van der Waals surface area contributed by atoms with Gasteiger partial charge in [0.15, 0.2) is 0 Å². The van der Waals surface area contributed by atoms with Crippen molar-refractivity contribution in [3.8, 4) is 0 Å². The predicted octanol–water partition coefficient (Wildman–Crippen LogP) is 2.78. The molecule has 0 aliphatic carbocycles. The number of alkyl halides is 1. The maximum atomic E-state index is 12.7. The Balaban J connectivity index is 2.44. The molecule has 2 rings (SSSR count). The Bertz CT molecular complexity index is 566. The van der Waals surface area contributed by atoms with Crippen LogP contribution in [0.25, 0.3) is 0 Å². The molecule has 1 aromatic rings. The third-order valence-electron chi connectivity index (χ3n) is 3.37. The average molecular weight is 320 g/mol. The Hall–Kier alpha value is -0.230. The summed E-state index contributed by atoms with van der Waals surface area (Å²) >= 11 is 7.68.